The molecule has 1 N–H and O–H groups in total. The van der Waals surface area contributed by atoms with Gasteiger partial charge in [-0.3, -0.25) is 14.5 Å². The summed E-state index contributed by atoms with van der Waals surface area (Å²) in [7, 11) is 0. The summed E-state index contributed by atoms with van der Waals surface area (Å²) in [4.78, 5) is 31.9. The first-order valence-corrected chi connectivity index (χ1v) is 11.9. The molecule has 0 radical (unpaired) electrons. The van der Waals surface area contributed by atoms with E-state index in [2.05, 4.69) is 29.0 Å². The molecular weight excluding hydrogens is 414 g/mol. The first-order chi connectivity index (χ1) is 15.4. The zero-order valence-corrected chi connectivity index (χ0v) is 19.3. The number of likely N-dealkylation sites (N-methyl/N-ethyl adjacent to an activating group) is 1. The lowest BCUT2D eigenvalue weighted by atomic mass is 9.95. The second-order valence-corrected chi connectivity index (χ2v) is 8.76. The number of carbonyl (C=O) groups is 2. The Labute approximate surface area is 189 Å². The van der Waals surface area contributed by atoms with Crippen LogP contribution in [0.15, 0.2) is 18.2 Å². The molecule has 1 aliphatic carbocycles. The highest BCUT2D eigenvalue weighted by atomic mass is 19.1. The zero-order chi connectivity index (χ0) is 23.1. The number of nitrogens with zero attached hydrogens (tertiary/aromatic N) is 3. The van der Waals surface area contributed by atoms with Crippen molar-refractivity contribution in [1.82, 2.24) is 20.0 Å². The van der Waals surface area contributed by atoms with Crippen molar-refractivity contribution in [3.05, 3.63) is 35.4 Å². The highest BCUT2D eigenvalue weighted by Gasteiger charge is 2.37. The summed E-state index contributed by atoms with van der Waals surface area (Å²) < 4.78 is 27.2. The van der Waals surface area contributed by atoms with Gasteiger partial charge in [0.15, 0.2) is 0 Å². The van der Waals surface area contributed by atoms with Crippen molar-refractivity contribution in [2.75, 3.05) is 52.4 Å². The summed E-state index contributed by atoms with van der Waals surface area (Å²) in [6, 6.07) is 2.85. The lowest BCUT2D eigenvalue weighted by Gasteiger charge is -2.40. The molecule has 1 saturated heterocycles. The number of rotatable bonds is 9. The molecule has 0 bridgehead atoms. The Kier molecular flexibility index (Phi) is 8.99. The molecule has 2 aliphatic rings. The number of nitrogens with one attached hydrogen (secondary N) is 1. The van der Waals surface area contributed by atoms with E-state index in [4.69, 9.17) is 0 Å². The highest BCUT2D eigenvalue weighted by Crippen LogP contribution is 2.31. The van der Waals surface area contributed by atoms with Gasteiger partial charge in [-0.25, -0.2) is 8.78 Å². The minimum absolute atomic E-state index is 0.0772. The number of benzene rings is 1. The van der Waals surface area contributed by atoms with Gasteiger partial charge >= 0.3 is 0 Å². The van der Waals surface area contributed by atoms with E-state index < -0.39 is 17.5 Å². The van der Waals surface area contributed by atoms with Gasteiger partial charge in [0.25, 0.3) is 5.91 Å². The number of carbonyl (C=O) groups excluding carboxylic acids is 2. The quantitative estimate of drug-likeness (QED) is 0.629. The Morgan fingerprint density at radius 1 is 1.09 bits per heavy atom. The number of piperazine rings is 1. The standard InChI is InChI=1S/C24H36F2N4O2/c1-3-28(4-2)12-11-27-23(31)22(18-7-5-6-8-18)29-13-15-30(16-14-29)24(32)20-10-9-19(25)17-21(20)26/h9-10,17-18,22H,3-8,11-16H2,1-2H3,(H,27,31). The molecule has 0 aromatic heterocycles. The average Bonchev–Trinajstić information content (AvgIpc) is 3.31. The predicted molar refractivity (Wildman–Crippen MR) is 120 cm³/mol. The fourth-order valence-corrected chi connectivity index (χ4v) is 4.97. The molecular formula is C24H36F2N4O2. The van der Waals surface area contributed by atoms with Crippen molar-refractivity contribution in [1.29, 1.82) is 0 Å². The zero-order valence-electron chi connectivity index (χ0n) is 19.3. The van der Waals surface area contributed by atoms with Crippen molar-refractivity contribution in [2.45, 2.75) is 45.6 Å². The van der Waals surface area contributed by atoms with Gasteiger partial charge in [-0.2, -0.15) is 0 Å². The molecule has 1 saturated carbocycles. The van der Waals surface area contributed by atoms with Gasteiger partial charge in [-0.1, -0.05) is 26.7 Å². The third kappa shape index (κ3) is 6.04. The molecule has 178 valence electrons. The first kappa shape index (κ1) is 24.6. The molecule has 1 heterocycles. The van der Waals surface area contributed by atoms with Crippen LogP contribution in [0.4, 0.5) is 8.78 Å². The molecule has 1 aliphatic heterocycles. The van der Waals surface area contributed by atoms with E-state index in [-0.39, 0.29) is 17.5 Å². The molecule has 2 amide bonds. The average molecular weight is 451 g/mol. The van der Waals surface area contributed by atoms with Crippen LogP contribution < -0.4 is 5.32 Å². The maximum atomic E-state index is 14.0. The number of hydrogen-bond acceptors (Lipinski definition) is 4. The van der Waals surface area contributed by atoms with Crippen LogP contribution in [0.2, 0.25) is 0 Å². The van der Waals surface area contributed by atoms with Crippen molar-refractivity contribution < 1.29 is 18.4 Å². The Bertz CT molecular complexity index is 773. The van der Waals surface area contributed by atoms with E-state index in [1.54, 1.807) is 4.90 Å². The third-order valence-corrected chi connectivity index (χ3v) is 6.89. The van der Waals surface area contributed by atoms with Gasteiger partial charge in [-0.05, 0) is 44.0 Å². The molecule has 6 nitrogen and oxygen atoms in total. The number of halogens is 2. The van der Waals surface area contributed by atoms with Gasteiger partial charge in [0.2, 0.25) is 5.91 Å². The van der Waals surface area contributed by atoms with Crippen LogP contribution in [0.5, 0.6) is 0 Å². The van der Waals surface area contributed by atoms with Crippen LogP contribution in [0, 0.1) is 17.6 Å². The summed E-state index contributed by atoms with van der Waals surface area (Å²) >= 11 is 0. The fraction of sp³-hybridized carbons (Fsp3) is 0.667. The van der Waals surface area contributed by atoms with Crippen molar-refractivity contribution in [3.8, 4) is 0 Å². The Morgan fingerprint density at radius 3 is 2.34 bits per heavy atom. The smallest absolute Gasteiger partial charge is 0.256 e. The molecule has 0 spiro atoms. The minimum Gasteiger partial charge on any atom is -0.353 e. The monoisotopic (exact) mass is 450 g/mol. The summed E-state index contributed by atoms with van der Waals surface area (Å²) in [6.45, 7) is 9.60. The van der Waals surface area contributed by atoms with Crippen LogP contribution in [0.3, 0.4) is 0 Å². The fourth-order valence-electron chi connectivity index (χ4n) is 4.97. The number of amides is 2. The second kappa shape index (κ2) is 11.7. The Hall–Kier alpha value is -2.06. The summed E-state index contributed by atoms with van der Waals surface area (Å²) in [5, 5.41) is 3.14. The van der Waals surface area contributed by atoms with Crippen molar-refractivity contribution >= 4 is 11.8 Å². The van der Waals surface area contributed by atoms with Gasteiger partial charge in [0.05, 0.1) is 11.6 Å². The summed E-state index contributed by atoms with van der Waals surface area (Å²) in [5.74, 6) is -1.55. The van der Waals surface area contributed by atoms with Crippen LogP contribution in [0.25, 0.3) is 0 Å². The van der Waals surface area contributed by atoms with Gasteiger partial charge in [-0.15, -0.1) is 0 Å². The van der Waals surface area contributed by atoms with Crippen molar-refractivity contribution in [3.63, 3.8) is 0 Å². The maximum absolute atomic E-state index is 14.0. The van der Waals surface area contributed by atoms with Gasteiger partial charge < -0.3 is 15.1 Å². The molecule has 8 heteroatoms. The summed E-state index contributed by atoms with van der Waals surface area (Å²) in [5.41, 5.74) is -0.110. The van der Waals surface area contributed by atoms with Crippen LogP contribution in [-0.4, -0.2) is 84.9 Å². The number of hydrogen-bond donors (Lipinski definition) is 1. The molecule has 1 unspecified atom stereocenters. The molecule has 2 fully saturated rings. The Morgan fingerprint density at radius 2 is 1.75 bits per heavy atom. The lowest BCUT2D eigenvalue weighted by Crippen LogP contribution is -2.58. The molecule has 1 aromatic carbocycles. The van der Waals surface area contributed by atoms with E-state index >= 15 is 0 Å². The highest BCUT2D eigenvalue weighted by molar-refractivity contribution is 5.94. The van der Waals surface area contributed by atoms with E-state index in [1.807, 2.05) is 0 Å². The van der Waals surface area contributed by atoms with E-state index in [1.165, 1.54) is 6.07 Å². The summed E-state index contributed by atoms with van der Waals surface area (Å²) in [6.07, 6.45) is 4.40. The lowest BCUT2D eigenvalue weighted by molar-refractivity contribution is -0.129. The van der Waals surface area contributed by atoms with Gasteiger partial charge in [0, 0.05) is 45.3 Å². The van der Waals surface area contributed by atoms with Crippen LogP contribution in [0.1, 0.15) is 49.9 Å². The predicted octanol–water partition coefficient (Wildman–Crippen LogP) is 2.74. The van der Waals surface area contributed by atoms with E-state index in [0.29, 0.717) is 38.6 Å². The van der Waals surface area contributed by atoms with Crippen molar-refractivity contribution in [2.24, 2.45) is 5.92 Å². The second-order valence-electron chi connectivity index (χ2n) is 8.76. The van der Waals surface area contributed by atoms with Gasteiger partial charge in [0.1, 0.15) is 11.6 Å². The Balaban J connectivity index is 1.60. The van der Waals surface area contributed by atoms with E-state index in [0.717, 1.165) is 57.5 Å². The maximum Gasteiger partial charge on any atom is 0.256 e. The largest absolute Gasteiger partial charge is 0.353 e. The van der Waals surface area contributed by atoms with Crippen LogP contribution >= 0.6 is 0 Å². The molecule has 1 aromatic rings. The molecule has 3 rings (SSSR count). The molecule has 1 atom stereocenters. The van der Waals surface area contributed by atoms with E-state index in [9.17, 15) is 18.4 Å². The topological polar surface area (TPSA) is 55.9 Å². The SMILES string of the molecule is CCN(CC)CCNC(=O)C(C1CCCC1)N1CCN(C(=O)c2ccc(F)cc2F)CC1. The normalized spacial score (nSPS) is 18.8. The molecule has 32 heavy (non-hydrogen) atoms. The minimum atomic E-state index is -0.839. The third-order valence-electron chi connectivity index (χ3n) is 6.89. The first-order valence-electron chi connectivity index (χ1n) is 11.9. The van der Waals surface area contributed by atoms with Crippen LogP contribution in [-0.2, 0) is 4.79 Å².